The standard InChI is InChI=1S/C15H16N2O3S3/c1-21-14-5-4-11(9-13(14)17(19)20)15(18)16-6-8-22-10-12-3-2-7-23-12/h2-5,7,9H,6,8,10H2,1H3,(H,16,18). The van der Waals surface area contributed by atoms with Crippen molar-refractivity contribution in [1.82, 2.24) is 5.32 Å². The Kier molecular flexibility index (Phi) is 6.94. The van der Waals surface area contributed by atoms with Gasteiger partial charge in [0.1, 0.15) is 0 Å². The quantitative estimate of drug-likeness (QED) is 0.329. The third kappa shape index (κ3) is 5.26. The van der Waals surface area contributed by atoms with Gasteiger partial charge in [-0.2, -0.15) is 11.8 Å². The molecule has 0 saturated heterocycles. The van der Waals surface area contributed by atoms with Gasteiger partial charge in [0.2, 0.25) is 0 Å². The second kappa shape index (κ2) is 8.95. The molecule has 1 aromatic heterocycles. The molecule has 0 aliphatic rings. The summed E-state index contributed by atoms with van der Waals surface area (Å²) in [6, 6.07) is 8.67. The monoisotopic (exact) mass is 368 g/mol. The first-order valence-corrected chi connectivity index (χ1v) is 10.1. The number of thioether (sulfide) groups is 2. The van der Waals surface area contributed by atoms with Gasteiger partial charge in [-0.05, 0) is 29.8 Å². The van der Waals surface area contributed by atoms with Gasteiger partial charge < -0.3 is 5.32 Å². The van der Waals surface area contributed by atoms with E-state index >= 15 is 0 Å². The number of carbonyl (C=O) groups excluding carboxylic acids is 1. The van der Waals surface area contributed by atoms with Gasteiger partial charge in [-0.3, -0.25) is 14.9 Å². The first kappa shape index (κ1) is 17.8. The van der Waals surface area contributed by atoms with Crippen molar-refractivity contribution in [3.05, 3.63) is 56.3 Å². The number of thiophene rings is 1. The normalized spacial score (nSPS) is 10.5. The van der Waals surface area contributed by atoms with Crippen LogP contribution in [0, 0.1) is 10.1 Å². The zero-order valence-corrected chi connectivity index (χ0v) is 14.9. The fraction of sp³-hybridized carbons (Fsp3) is 0.267. The van der Waals surface area contributed by atoms with Crippen molar-refractivity contribution in [2.45, 2.75) is 10.6 Å². The molecule has 1 N–H and O–H groups in total. The van der Waals surface area contributed by atoms with Crippen LogP contribution in [0.2, 0.25) is 0 Å². The molecule has 0 unspecified atom stereocenters. The molecule has 0 fully saturated rings. The SMILES string of the molecule is CSc1ccc(C(=O)NCCSCc2cccs2)cc1[N+](=O)[O-]. The summed E-state index contributed by atoms with van der Waals surface area (Å²) in [6.45, 7) is 0.535. The molecule has 0 bridgehead atoms. The van der Waals surface area contributed by atoms with Crippen molar-refractivity contribution < 1.29 is 9.72 Å². The van der Waals surface area contributed by atoms with Crippen LogP contribution in [0.3, 0.4) is 0 Å². The van der Waals surface area contributed by atoms with Crippen LogP contribution in [0.15, 0.2) is 40.6 Å². The summed E-state index contributed by atoms with van der Waals surface area (Å²) in [7, 11) is 0. The van der Waals surface area contributed by atoms with E-state index in [9.17, 15) is 14.9 Å². The van der Waals surface area contributed by atoms with Crippen molar-refractivity contribution in [3.63, 3.8) is 0 Å². The number of rotatable bonds is 8. The number of nitrogens with zero attached hydrogens (tertiary/aromatic N) is 1. The highest BCUT2D eigenvalue weighted by atomic mass is 32.2. The van der Waals surface area contributed by atoms with Crippen molar-refractivity contribution in [3.8, 4) is 0 Å². The molecule has 1 aromatic carbocycles. The molecular weight excluding hydrogens is 352 g/mol. The van der Waals surface area contributed by atoms with Crippen LogP contribution >= 0.6 is 34.9 Å². The molecule has 122 valence electrons. The third-order valence-electron chi connectivity index (χ3n) is 2.99. The van der Waals surface area contributed by atoms with E-state index in [0.29, 0.717) is 17.0 Å². The molecule has 1 heterocycles. The molecule has 2 rings (SSSR count). The minimum atomic E-state index is -0.459. The van der Waals surface area contributed by atoms with Crippen LogP contribution in [0.5, 0.6) is 0 Å². The zero-order valence-electron chi connectivity index (χ0n) is 12.5. The van der Waals surface area contributed by atoms with Gasteiger partial charge in [0.15, 0.2) is 0 Å². The van der Waals surface area contributed by atoms with E-state index in [1.165, 1.54) is 22.7 Å². The van der Waals surface area contributed by atoms with E-state index in [2.05, 4.69) is 11.4 Å². The van der Waals surface area contributed by atoms with Crippen LogP contribution in [0.4, 0.5) is 5.69 Å². The number of nitrogens with one attached hydrogen (secondary N) is 1. The van der Waals surface area contributed by atoms with Crippen LogP contribution in [0.25, 0.3) is 0 Å². The van der Waals surface area contributed by atoms with Gasteiger partial charge in [-0.15, -0.1) is 23.1 Å². The zero-order chi connectivity index (χ0) is 16.7. The summed E-state index contributed by atoms with van der Waals surface area (Å²) < 4.78 is 0. The number of nitro benzene ring substituents is 1. The number of hydrogen-bond acceptors (Lipinski definition) is 6. The van der Waals surface area contributed by atoms with Crippen LogP contribution < -0.4 is 5.32 Å². The van der Waals surface area contributed by atoms with Gasteiger partial charge in [0.05, 0.1) is 9.82 Å². The fourth-order valence-electron chi connectivity index (χ4n) is 1.88. The lowest BCUT2D eigenvalue weighted by Crippen LogP contribution is -2.25. The maximum Gasteiger partial charge on any atom is 0.283 e. The molecule has 2 aromatic rings. The van der Waals surface area contributed by atoms with E-state index in [1.807, 2.05) is 11.4 Å². The summed E-state index contributed by atoms with van der Waals surface area (Å²) in [6.07, 6.45) is 1.77. The molecule has 0 spiro atoms. The summed E-state index contributed by atoms with van der Waals surface area (Å²) >= 11 is 4.76. The summed E-state index contributed by atoms with van der Waals surface area (Å²) in [5, 5.41) is 15.9. The van der Waals surface area contributed by atoms with E-state index in [1.54, 1.807) is 41.5 Å². The fourth-order valence-corrected chi connectivity index (χ4v) is 4.13. The summed E-state index contributed by atoms with van der Waals surface area (Å²) in [4.78, 5) is 24.5. The average molecular weight is 369 g/mol. The molecule has 0 aliphatic carbocycles. The Balaban J connectivity index is 1.83. The number of hydrogen-bond donors (Lipinski definition) is 1. The van der Waals surface area contributed by atoms with E-state index in [-0.39, 0.29) is 11.6 Å². The van der Waals surface area contributed by atoms with Crippen molar-refractivity contribution in [2.75, 3.05) is 18.6 Å². The van der Waals surface area contributed by atoms with E-state index in [4.69, 9.17) is 0 Å². The van der Waals surface area contributed by atoms with Gasteiger partial charge in [-0.25, -0.2) is 0 Å². The lowest BCUT2D eigenvalue weighted by molar-refractivity contribution is -0.387. The molecule has 5 nitrogen and oxygen atoms in total. The van der Waals surface area contributed by atoms with Crippen LogP contribution in [-0.4, -0.2) is 29.4 Å². The number of benzene rings is 1. The Morgan fingerprint density at radius 2 is 2.22 bits per heavy atom. The highest BCUT2D eigenvalue weighted by molar-refractivity contribution is 7.98. The molecule has 0 radical (unpaired) electrons. The molecule has 0 atom stereocenters. The molecule has 1 amide bonds. The first-order chi connectivity index (χ1) is 11.1. The average Bonchev–Trinajstić information content (AvgIpc) is 3.07. The molecule has 8 heteroatoms. The van der Waals surface area contributed by atoms with E-state index < -0.39 is 4.92 Å². The third-order valence-corrected chi connectivity index (χ3v) is 5.85. The predicted octanol–water partition coefficient (Wildman–Crippen LogP) is 4.04. The smallest absolute Gasteiger partial charge is 0.283 e. The molecule has 0 saturated carbocycles. The van der Waals surface area contributed by atoms with E-state index in [0.717, 1.165) is 11.5 Å². The molecule has 23 heavy (non-hydrogen) atoms. The number of carbonyl (C=O) groups is 1. The number of nitro groups is 1. The lowest BCUT2D eigenvalue weighted by Gasteiger charge is -2.06. The Bertz CT molecular complexity index is 675. The highest BCUT2D eigenvalue weighted by Crippen LogP contribution is 2.28. The van der Waals surface area contributed by atoms with Gasteiger partial charge >= 0.3 is 0 Å². The van der Waals surface area contributed by atoms with Gasteiger partial charge in [-0.1, -0.05) is 6.07 Å². The Morgan fingerprint density at radius 1 is 1.39 bits per heavy atom. The predicted molar refractivity (Wildman–Crippen MR) is 97.7 cm³/mol. The summed E-state index contributed by atoms with van der Waals surface area (Å²) in [5.74, 6) is 1.45. The maximum absolute atomic E-state index is 12.1. The van der Waals surface area contributed by atoms with Gasteiger partial charge in [0.25, 0.3) is 11.6 Å². The second-order valence-corrected chi connectivity index (χ2v) is 7.52. The Labute approximate surface area is 147 Å². The largest absolute Gasteiger partial charge is 0.351 e. The van der Waals surface area contributed by atoms with Crippen molar-refractivity contribution in [1.29, 1.82) is 0 Å². The van der Waals surface area contributed by atoms with Crippen molar-refractivity contribution in [2.24, 2.45) is 0 Å². The topological polar surface area (TPSA) is 72.2 Å². The second-order valence-electron chi connectivity index (χ2n) is 4.53. The Morgan fingerprint density at radius 3 is 2.87 bits per heavy atom. The highest BCUT2D eigenvalue weighted by Gasteiger charge is 2.16. The maximum atomic E-state index is 12.1. The number of amides is 1. The van der Waals surface area contributed by atoms with Crippen LogP contribution in [-0.2, 0) is 5.75 Å². The minimum absolute atomic E-state index is 0.0304. The molecule has 0 aliphatic heterocycles. The molecular formula is C15H16N2O3S3. The van der Waals surface area contributed by atoms with Crippen molar-refractivity contribution >= 4 is 46.5 Å². The summed E-state index contributed by atoms with van der Waals surface area (Å²) in [5.41, 5.74) is 0.287. The minimum Gasteiger partial charge on any atom is -0.351 e. The van der Waals surface area contributed by atoms with Gasteiger partial charge in [0, 0.05) is 34.6 Å². The lowest BCUT2D eigenvalue weighted by atomic mass is 10.2. The Hall–Kier alpha value is -1.51. The van der Waals surface area contributed by atoms with Crippen LogP contribution in [0.1, 0.15) is 15.2 Å². The first-order valence-electron chi connectivity index (χ1n) is 6.82.